The van der Waals surface area contributed by atoms with Crippen molar-refractivity contribution in [3.63, 3.8) is 0 Å². The number of rotatable bonds is 5. The Kier molecular flexibility index (Phi) is 5.46. The predicted molar refractivity (Wildman–Crippen MR) is 103 cm³/mol. The minimum atomic E-state index is -0.135. The second-order valence-corrected chi connectivity index (χ2v) is 8.53. The molecule has 0 spiro atoms. The van der Waals surface area contributed by atoms with Crippen molar-refractivity contribution in [3.05, 3.63) is 46.2 Å². The van der Waals surface area contributed by atoms with Gasteiger partial charge in [-0.2, -0.15) is 0 Å². The summed E-state index contributed by atoms with van der Waals surface area (Å²) in [7, 11) is 4.01. The monoisotopic (exact) mass is 375 g/mol. The Morgan fingerprint density at radius 1 is 1.36 bits per heavy atom. The number of carbonyl (C=O) groups excluding carboxylic acids is 2. The van der Waals surface area contributed by atoms with Gasteiger partial charge in [0.15, 0.2) is 0 Å². The van der Waals surface area contributed by atoms with E-state index in [0.29, 0.717) is 17.8 Å². The summed E-state index contributed by atoms with van der Waals surface area (Å²) in [6, 6.07) is 9.68. The topological polar surface area (TPSA) is 61.4 Å². The number of benzene rings is 1. The van der Waals surface area contributed by atoms with Gasteiger partial charge in [0.1, 0.15) is 0 Å². The standard InChI is InChI=1S/C18H21N3O2S2/c1-11-17(22)20-13-9-12(6-7-15(13)25-11)18(23)19-10-14(21(2)3)16-5-4-8-24-16/h4-9,11,14H,10H2,1-3H3,(H,19,23)(H,20,22)/t11-,14-/m1/s1. The molecule has 1 aromatic heterocycles. The highest BCUT2D eigenvalue weighted by Gasteiger charge is 2.24. The smallest absolute Gasteiger partial charge is 0.251 e. The lowest BCUT2D eigenvalue weighted by molar-refractivity contribution is -0.115. The van der Waals surface area contributed by atoms with E-state index in [1.54, 1.807) is 23.5 Å². The van der Waals surface area contributed by atoms with Gasteiger partial charge < -0.3 is 15.5 Å². The van der Waals surface area contributed by atoms with Crippen LogP contribution in [0.25, 0.3) is 0 Å². The Balaban J connectivity index is 1.69. The van der Waals surface area contributed by atoms with Crippen molar-refractivity contribution in [2.24, 2.45) is 0 Å². The lowest BCUT2D eigenvalue weighted by Gasteiger charge is -2.24. The maximum Gasteiger partial charge on any atom is 0.251 e. The molecule has 2 atom stereocenters. The molecule has 0 bridgehead atoms. The largest absolute Gasteiger partial charge is 0.350 e. The van der Waals surface area contributed by atoms with Crippen LogP contribution in [0.1, 0.15) is 28.2 Å². The fourth-order valence-electron chi connectivity index (χ4n) is 2.66. The van der Waals surface area contributed by atoms with E-state index < -0.39 is 0 Å². The van der Waals surface area contributed by atoms with Gasteiger partial charge in [0.25, 0.3) is 5.91 Å². The van der Waals surface area contributed by atoms with Crippen molar-refractivity contribution in [3.8, 4) is 0 Å². The molecular weight excluding hydrogens is 354 g/mol. The highest BCUT2D eigenvalue weighted by atomic mass is 32.2. The molecule has 0 aliphatic carbocycles. The summed E-state index contributed by atoms with van der Waals surface area (Å²) in [6.45, 7) is 2.40. The molecule has 25 heavy (non-hydrogen) atoms. The van der Waals surface area contributed by atoms with Crippen LogP contribution in [0.3, 0.4) is 0 Å². The average molecular weight is 376 g/mol. The second-order valence-electron chi connectivity index (χ2n) is 6.17. The summed E-state index contributed by atoms with van der Waals surface area (Å²) >= 11 is 3.19. The Morgan fingerprint density at radius 2 is 2.16 bits per heavy atom. The summed E-state index contributed by atoms with van der Waals surface area (Å²) in [5, 5.41) is 7.79. The van der Waals surface area contributed by atoms with Crippen molar-refractivity contribution in [1.82, 2.24) is 10.2 Å². The molecule has 1 aromatic carbocycles. The van der Waals surface area contributed by atoms with E-state index in [-0.39, 0.29) is 23.1 Å². The number of thioether (sulfide) groups is 1. The summed E-state index contributed by atoms with van der Waals surface area (Å²) < 4.78 is 0. The van der Waals surface area contributed by atoms with Crippen molar-refractivity contribution in [2.75, 3.05) is 26.0 Å². The summed E-state index contributed by atoms with van der Waals surface area (Å²) in [6.07, 6.45) is 0. The zero-order valence-corrected chi connectivity index (χ0v) is 16.0. The van der Waals surface area contributed by atoms with Crippen LogP contribution in [0.2, 0.25) is 0 Å². The van der Waals surface area contributed by atoms with E-state index in [4.69, 9.17) is 0 Å². The van der Waals surface area contributed by atoms with Gasteiger partial charge in [-0.1, -0.05) is 6.07 Å². The van der Waals surface area contributed by atoms with E-state index in [9.17, 15) is 9.59 Å². The summed E-state index contributed by atoms with van der Waals surface area (Å²) in [5.74, 6) is -0.162. The van der Waals surface area contributed by atoms with Gasteiger partial charge in [0, 0.05) is 21.9 Å². The van der Waals surface area contributed by atoms with Gasteiger partial charge in [0.05, 0.1) is 17.0 Å². The third kappa shape index (κ3) is 4.05. The van der Waals surface area contributed by atoms with Crippen molar-refractivity contribution >= 4 is 40.6 Å². The van der Waals surface area contributed by atoms with E-state index in [2.05, 4.69) is 21.6 Å². The van der Waals surface area contributed by atoms with Gasteiger partial charge in [-0.3, -0.25) is 9.59 Å². The molecule has 132 valence electrons. The van der Waals surface area contributed by atoms with Crippen LogP contribution in [-0.2, 0) is 4.79 Å². The number of nitrogens with one attached hydrogen (secondary N) is 2. The van der Waals surface area contributed by atoms with Crippen LogP contribution in [0.4, 0.5) is 5.69 Å². The molecule has 2 aromatic rings. The molecule has 0 saturated carbocycles. The first-order valence-corrected chi connectivity index (χ1v) is 9.81. The van der Waals surface area contributed by atoms with Gasteiger partial charge in [-0.05, 0) is 50.7 Å². The molecule has 5 nitrogen and oxygen atoms in total. The van der Waals surface area contributed by atoms with Gasteiger partial charge in [0.2, 0.25) is 5.91 Å². The predicted octanol–water partition coefficient (Wildman–Crippen LogP) is 3.21. The highest BCUT2D eigenvalue weighted by Crippen LogP contribution is 2.35. The quantitative estimate of drug-likeness (QED) is 0.842. The Bertz CT molecular complexity index is 775. The molecule has 0 radical (unpaired) electrons. The van der Waals surface area contributed by atoms with E-state index in [1.807, 2.05) is 38.5 Å². The van der Waals surface area contributed by atoms with E-state index >= 15 is 0 Å². The molecule has 2 N–H and O–H groups in total. The normalized spacial score (nSPS) is 17.8. The second kappa shape index (κ2) is 7.59. The lowest BCUT2D eigenvalue weighted by atomic mass is 10.1. The van der Waals surface area contributed by atoms with E-state index in [1.165, 1.54) is 16.6 Å². The average Bonchev–Trinajstić information content (AvgIpc) is 3.09. The van der Waals surface area contributed by atoms with Crippen LogP contribution in [0.5, 0.6) is 0 Å². The van der Waals surface area contributed by atoms with Crippen molar-refractivity contribution in [1.29, 1.82) is 0 Å². The van der Waals surface area contributed by atoms with Crippen molar-refractivity contribution in [2.45, 2.75) is 23.1 Å². The van der Waals surface area contributed by atoms with E-state index in [0.717, 1.165) is 4.90 Å². The molecule has 7 heteroatoms. The van der Waals surface area contributed by atoms with Crippen LogP contribution >= 0.6 is 23.1 Å². The van der Waals surface area contributed by atoms with Crippen LogP contribution in [0.15, 0.2) is 40.6 Å². The van der Waals surface area contributed by atoms with Crippen LogP contribution in [0, 0.1) is 0 Å². The molecule has 0 fully saturated rings. The SMILES string of the molecule is C[C@H]1Sc2ccc(C(=O)NC[C@H](c3cccs3)N(C)C)cc2NC1=O. The van der Waals surface area contributed by atoms with Crippen LogP contribution < -0.4 is 10.6 Å². The first-order chi connectivity index (χ1) is 12.0. The summed E-state index contributed by atoms with van der Waals surface area (Å²) in [5.41, 5.74) is 1.26. The zero-order valence-electron chi connectivity index (χ0n) is 14.4. The highest BCUT2D eigenvalue weighted by molar-refractivity contribution is 8.00. The number of hydrogen-bond acceptors (Lipinski definition) is 5. The zero-order chi connectivity index (χ0) is 18.0. The number of amides is 2. The Hall–Kier alpha value is -1.83. The third-order valence-electron chi connectivity index (χ3n) is 4.12. The maximum atomic E-state index is 12.5. The molecule has 2 amide bonds. The van der Waals surface area contributed by atoms with Gasteiger partial charge in [-0.15, -0.1) is 23.1 Å². The molecule has 3 rings (SSSR count). The Morgan fingerprint density at radius 3 is 2.84 bits per heavy atom. The fraction of sp³-hybridized carbons (Fsp3) is 0.333. The van der Waals surface area contributed by atoms with Crippen LogP contribution in [-0.4, -0.2) is 42.6 Å². The molecule has 2 heterocycles. The first-order valence-electron chi connectivity index (χ1n) is 8.05. The Labute approximate surface area is 155 Å². The number of thiophene rings is 1. The molecule has 1 aliphatic rings. The molecular formula is C18H21N3O2S2. The number of fused-ring (bicyclic) bond motifs is 1. The molecule has 0 saturated heterocycles. The fourth-order valence-corrected chi connectivity index (χ4v) is 4.51. The number of carbonyl (C=O) groups is 2. The number of hydrogen-bond donors (Lipinski definition) is 2. The minimum absolute atomic E-state index is 0.0274. The molecule has 1 aliphatic heterocycles. The maximum absolute atomic E-state index is 12.5. The number of likely N-dealkylation sites (N-methyl/N-ethyl adjacent to an activating group) is 1. The molecule has 0 unspecified atom stereocenters. The van der Waals surface area contributed by atoms with Gasteiger partial charge >= 0.3 is 0 Å². The third-order valence-corrected chi connectivity index (χ3v) is 6.27. The summed E-state index contributed by atoms with van der Waals surface area (Å²) in [4.78, 5) is 28.7. The number of nitrogens with zero attached hydrogens (tertiary/aromatic N) is 1. The lowest BCUT2D eigenvalue weighted by Crippen LogP contribution is -2.34. The number of anilines is 1. The first kappa shape index (κ1) is 18.0. The minimum Gasteiger partial charge on any atom is -0.350 e. The van der Waals surface area contributed by atoms with Gasteiger partial charge in [-0.25, -0.2) is 0 Å². The van der Waals surface area contributed by atoms with Crippen molar-refractivity contribution < 1.29 is 9.59 Å².